The van der Waals surface area contributed by atoms with E-state index in [1.54, 1.807) is 18.8 Å². The highest BCUT2D eigenvalue weighted by atomic mass is 32.2. The number of nitrogens with one attached hydrogen (secondary N) is 1. The fraction of sp³-hybridized carbons (Fsp3) is 0.333. The lowest BCUT2D eigenvalue weighted by atomic mass is 10.2. The number of methoxy groups -OCH3 is 2. The minimum atomic E-state index is -0.216. The summed E-state index contributed by atoms with van der Waals surface area (Å²) in [5.41, 5.74) is 1.65. The smallest absolute Gasteiger partial charge is 0.263 e. The summed E-state index contributed by atoms with van der Waals surface area (Å²) in [6.45, 7) is 4.67. The summed E-state index contributed by atoms with van der Waals surface area (Å²) in [6.07, 6.45) is 0. The number of nitrogens with zero attached hydrogens (tertiary/aromatic N) is 3. The first-order valence-electron chi connectivity index (χ1n) is 9.78. The zero-order valence-corrected chi connectivity index (χ0v) is 20.5. The van der Waals surface area contributed by atoms with Crippen LogP contribution in [0.3, 0.4) is 0 Å². The zero-order valence-electron chi connectivity index (χ0n) is 18.1. The normalized spacial score (nSPS) is 11.4. The third-order valence-corrected chi connectivity index (χ3v) is 7.96. The molecule has 0 atom stereocenters. The molecule has 0 spiro atoms. The van der Waals surface area contributed by atoms with Gasteiger partial charge in [0.25, 0.3) is 5.56 Å². The van der Waals surface area contributed by atoms with Crippen molar-refractivity contribution in [3.8, 4) is 5.75 Å². The molecule has 4 rings (SSSR count). The predicted octanol–water partition coefficient (Wildman–Crippen LogP) is 4.07. The topological polar surface area (TPSA) is 95.3 Å². The van der Waals surface area contributed by atoms with Crippen molar-refractivity contribution in [3.05, 3.63) is 39.0 Å². The summed E-state index contributed by atoms with van der Waals surface area (Å²) in [6, 6.07) is 5.57. The number of hydrogen-bond acceptors (Lipinski definition) is 9. The molecule has 1 amide bonds. The number of fused-ring (bicyclic) bond motifs is 2. The Morgan fingerprint density at radius 3 is 2.78 bits per heavy atom. The minimum Gasteiger partial charge on any atom is -0.497 e. The van der Waals surface area contributed by atoms with Gasteiger partial charge in [0, 0.05) is 12.0 Å². The van der Waals surface area contributed by atoms with Crippen LogP contribution in [0.4, 0.5) is 5.13 Å². The minimum absolute atomic E-state index is 0.100. The van der Waals surface area contributed by atoms with Crippen LogP contribution in [0, 0.1) is 13.8 Å². The van der Waals surface area contributed by atoms with Gasteiger partial charge in [0.05, 0.1) is 41.6 Å². The maximum absolute atomic E-state index is 13.1. The fourth-order valence-corrected chi connectivity index (χ4v) is 5.98. The average Bonchev–Trinajstić information content (AvgIpc) is 3.30. The summed E-state index contributed by atoms with van der Waals surface area (Å²) < 4.78 is 12.9. The van der Waals surface area contributed by atoms with E-state index in [0.29, 0.717) is 33.7 Å². The van der Waals surface area contributed by atoms with Gasteiger partial charge in [0.2, 0.25) is 5.91 Å². The molecule has 0 saturated heterocycles. The number of rotatable bonds is 8. The van der Waals surface area contributed by atoms with E-state index < -0.39 is 0 Å². The molecule has 0 bridgehead atoms. The number of ether oxygens (including phenoxy) is 2. The Balaban J connectivity index is 1.54. The molecule has 3 heterocycles. The molecular formula is C21H22N4O4S3. The van der Waals surface area contributed by atoms with Crippen molar-refractivity contribution in [3.63, 3.8) is 0 Å². The monoisotopic (exact) mass is 490 g/mol. The molecule has 1 N–H and O–H groups in total. The molecule has 0 radical (unpaired) electrons. The van der Waals surface area contributed by atoms with Gasteiger partial charge in [-0.2, -0.15) is 0 Å². The molecule has 4 aromatic rings. The van der Waals surface area contributed by atoms with Crippen molar-refractivity contribution < 1.29 is 14.3 Å². The zero-order chi connectivity index (χ0) is 22.8. The number of thiophene rings is 1. The summed E-state index contributed by atoms with van der Waals surface area (Å²) >= 11 is 4.11. The summed E-state index contributed by atoms with van der Waals surface area (Å²) in [5, 5.41) is 4.50. The summed E-state index contributed by atoms with van der Waals surface area (Å²) in [4.78, 5) is 36.6. The van der Waals surface area contributed by atoms with E-state index in [-0.39, 0.29) is 17.2 Å². The standard InChI is InChI=1S/C21H22N4O4S3/c1-11-12(2)31-18-17(11)19(27)25(7-8-28-3)21(24-18)30-10-16(26)23-20-22-14-6-5-13(29-4)9-15(14)32-20/h5-6,9H,7-8,10H2,1-4H3,(H,22,23,26). The molecule has 0 unspecified atom stereocenters. The van der Waals surface area contributed by atoms with Gasteiger partial charge in [0.15, 0.2) is 10.3 Å². The molecule has 8 nitrogen and oxygen atoms in total. The molecule has 1 aromatic carbocycles. The first-order valence-corrected chi connectivity index (χ1v) is 12.4. The van der Waals surface area contributed by atoms with Gasteiger partial charge < -0.3 is 14.8 Å². The quantitative estimate of drug-likeness (QED) is 0.294. The first kappa shape index (κ1) is 22.7. The second kappa shape index (κ2) is 9.57. The molecule has 3 aromatic heterocycles. The van der Waals surface area contributed by atoms with Crippen molar-refractivity contribution in [1.82, 2.24) is 14.5 Å². The van der Waals surface area contributed by atoms with E-state index in [2.05, 4.69) is 15.3 Å². The maximum atomic E-state index is 13.1. The van der Waals surface area contributed by atoms with E-state index in [0.717, 1.165) is 26.4 Å². The number of anilines is 1. The Labute approximate surface area is 196 Å². The lowest BCUT2D eigenvalue weighted by molar-refractivity contribution is -0.113. The summed E-state index contributed by atoms with van der Waals surface area (Å²) in [5.74, 6) is 0.629. The molecule has 11 heteroatoms. The largest absolute Gasteiger partial charge is 0.497 e. The van der Waals surface area contributed by atoms with Gasteiger partial charge in [-0.05, 0) is 37.6 Å². The highest BCUT2D eigenvalue weighted by molar-refractivity contribution is 7.99. The van der Waals surface area contributed by atoms with E-state index in [9.17, 15) is 9.59 Å². The number of thiazole rings is 1. The summed E-state index contributed by atoms with van der Waals surface area (Å²) in [7, 11) is 3.20. The molecule has 168 valence electrons. The highest BCUT2D eigenvalue weighted by Crippen LogP contribution is 2.30. The highest BCUT2D eigenvalue weighted by Gasteiger charge is 2.18. The Morgan fingerprint density at radius 2 is 2.03 bits per heavy atom. The number of benzene rings is 1. The third-order valence-electron chi connectivity index (χ3n) is 4.95. The number of amides is 1. The van der Waals surface area contributed by atoms with Crippen LogP contribution < -0.4 is 15.6 Å². The molecular weight excluding hydrogens is 468 g/mol. The van der Waals surface area contributed by atoms with Crippen molar-refractivity contribution in [2.24, 2.45) is 0 Å². The lowest BCUT2D eigenvalue weighted by Gasteiger charge is -2.11. The van der Waals surface area contributed by atoms with Crippen LogP contribution in [0.2, 0.25) is 0 Å². The number of aryl methyl sites for hydroxylation is 2. The van der Waals surface area contributed by atoms with Crippen molar-refractivity contribution in [2.75, 3.05) is 31.9 Å². The van der Waals surface area contributed by atoms with Gasteiger partial charge in [0.1, 0.15) is 10.6 Å². The van der Waals surface area contributed by atoms with Gasteiger partial charge >= 0.3 is 0 Å². The van der Waals surface area contributed by atoms with Crippen LogP contribution in [0.1, 0.15) is 10.4 Å². The van der Waals surface area contributed by atoms with E-state index in [4.69, 9.17) is 9.47 Å². The molecule has 0 aliphatic carbocycles. The van der Waals surface area contributed by atoms with E-state index in [1.165, 1.54) is 34.4 Å². The maximum Gasteiger partial charge on any atom is 0.263 e. The fourth-order valence-electron chi connectivity index (χ4n) is 3.17. The lowest BCUT2D eigenvalue weighted by Crippen LogP contribution is -2.26. The second-order valence-electron chi connectivity index (χ2n) is 7.00. The van der Waals surface area contributed by atoms with Crippen molar-refractivity contribution in [1.29, 1.82) is 0 Å². The van der Waals surface area contributed by atoms with Crippen LogP contribution in [-0.2, 0) is 16.1 Å². The molecule has 0 saturated carbocycles. The molecule has 0 aliphatic heterocycles. The van der Waals surface area contributed by atoms with Crippen molar-refractivity contribution >= 4 is 65.9 Å². The molecule has 0 fully saturated rings. The Morgan fingerprint density at radius 1 is 1.22 bits per heavy atom. The van der Waals surface area contributed by atoms with Crippen LogP contribution in [-0.4, -0.2) is 47.0 Å². The SMILES string of the molecule is COCCn1c(SCC(=O)Nc2nc3ccc(OC)cc3s2)nc2sc(C)c(C)c2c1=O. The predicted molar refractivity (Wildman–Crippen MR) is 131 cm³/mol. The Kier molecular flexibility index (Phi) is 6.79. The van der Waals surface area contributed by atoms with Crippen LogP contribution in [0.25, 0.3) is 20.4 Å². The molecule has 0 aliphatic rings. The van der Waals surface area contributed by atoms with Gasteiger partial charge in [-0.1, -0.05) is 23.1 Å². The van der Waals surface area contributed by atoms with Crippen LogP contribution in [0.15, 0.2) is 28.2 Å². The van der Waals surface area contributed by atoms with Crippen LogP contribution >= 0.6 is 34.4 Å². The second-order valence-corrected chi connectivity index (χ2v) is 10.2. The van der Waals surface area contributed by atoms with Gasteiger partial charge in [-0.15, -0.1) is 11.3 Å². The Hall–Kier alpha value is -2.47. The number of hydrogen-bond donors (Lipinski definition) is 1. The number of carbonyl (C=O) groups is 1. The van der Waals surface area contributed by atoms with E-state index >= 15 is 0 Å². The van der Waals surface area contributed by atoms with Crippen LogP contribution in [0.5, 0.6) is 5.75 Å². The van der Waals surface area contributed by atoms with Crippen molar-refractivity contribution in [2.45, 2.75) is 25.5 Å². The first-order chi connectivity index (χ1) is 15.4. The number of carbonyl (C=O) groups excluding carboxylic acids is 1. The molecule has 32 heavy (non-hydrogen) atoms. The third kappa shape index (κ3) is 4.51. The number of aromatic nitrogens is 3. The van der Waals surface area contributed by atoms with Gasteiger partial charge in [-0.25, -0.2) is 9.97 Å². The Bertz CT molecular complexity index is 1360. The number of thioether (sulfide) groups is 1. The van der Waals surface area contributed by atoms with E-state index in [1.807, 2.05) is 32.0 Å². The average molecular weight is 491 g/mol. The van der Waals surface area contributed by atoms with Gasteiger partial charge in [-0.3, -0.25) is 14.2 Å².